The van der Waals surface area contributed by atoms with E-state index in [0.29, 0.717) is 0 Å². The number of hydrogen-bond acceptors (Lipinski definition) is 2. The quantitative estimate of drug-likeness (QED) is 0.808. The van der Waals surface area contributed by atoms with Crippen molar-refractivity contribution in [3.05, 3.63) is 0 Å². The van der Waals surface area contributed by atoms with Gasteiger partial charge in [-0.05, 0) is 23.7 Å². The number of piperazine rings is 1. The number of carbonyl (C=O) groups is 2. The van der Waals surface area contributed by atoms with Gasteiger partial charge in [-0.3, -0.25) is 9.59 Å². The zero-order valence-electron chi connectivity index (χ0n) is 14.3. The molecule has 0 radical (unpaired) electrons. The number of hydrogen-bond donors (Lipinski definition) is 1. The fourth-order valence-electron chi connectivity index (χ4n) is 3.66. The predicted octanol–water partition coefficient (Wildman–Crippen LogP) is 2.72. The minimum Gasteiger partial charge on any atom is -0.342 e. The molecule has 4 nitrogen and oxygen atoms in total. The minimum absolute atomic E-state index is 0.00826. The zero-order valence-corrected chi connectivity index (χ0v) is 14.3. The number of rotatable bonds is 1. The van der Waals surface area contributed by atoms with Crippen LogP contribution in [-0.4, -0.2) is 34.8 Å². The van der Waals surface area contributed by atoms with E-state index in [1.165, 1.54) is 0 Å². The van der Waals surface area contributed by atoms with Crippen molar-refractivity contribution in [1.29, 1.82) is 0 Å². The molecule has 2 unspecified atom stereocenters. The van der Waals surface area contributed by atoms with E-state index in [9.17, 15) is 9.59 Å². The highest BCUT2D eigenvalue weighted by Crippen LogP contribution is 2.37. The third-order valence-electron chi connectivity index (χ3n) is 4.72. The summed E-state index contributed by atoms with van der Waals surface area (Å²) in [5.41, 5.74) is -0.502. The Kier molecular flexibility index (Phi) is 4.11. The number of carbonyl (C=O) groups excluding carboxylic acids is 2. The first-order valence-electron chi connectivity index (χ1n) is 8.16. The molecule has 1 aliphatic carbocycles. The summed E-state index contributed by atoms with van der Waals surface area (Å²) in [6, 6.07) is -0.534. The average Bonchev–Trinajstić information content (AvgIpc) is 2.81. The van der Waals surface area contributed by atoms with Crippen molar-refractivity contribution >= 4 is 11.8 Å². The van der Waals surface area contributed by atoms with Gasteiger partial charge in [-0.25, -0.2) is 0 Å². The van der Waals surface area contributed by atoms with Crippen LogP contribution in [0.3, 0.4) is 0 Å². The van der Waals surface area contributed by atoms with Crippen LogP contribution in [0.4, 0.5) is 0 Å². The molecule has 4 heteroatoms. The van der Waals surface area contributed by atoms with Crippen LogP contribution < -0.4 is 5.32 Å². The van der Waals surface area contributed by atoms with E-state index >= 15 is 0 Å². The van der Waals surface area contributed by atoms with Crippen molar-refractivity contribution in [2.45, 2.75) is 85.4 Å². The maximum Gasteiger partial charge on any atom is 0.246 e. The molecule has 0 aromatic carbocycles. The summed E-state index contributed by atoms with van der Waals surface area (Å²) in [5, 5.41) is 2.99. The van der Waals surface area contributed by atoms with Gasteiger partial charge in [0.15, 0.2) is 0 Å². The summed E-state index contributed by atoms with van der Waals surface area (Å²) < 4.78 is 0. The Morgan fingerprint density at radius 2 is 1.48 bits per heavy atom. The summed E-state index contributed by atoms with van der Waals surface area (Å²) in [7, 11) is 0. The topological polar surface area (TPSA) is 49.4 Å². The highest BCUT2D eigenvalue weighted by atomic mass is 16.2. The Morgan fingerprint density at radius 1 is 0.952 bits per heavy atom. The van der Waals surface area contributed by atoms with Crippen LogP contribution in [0.15, 0.2) is 0 Å². The molecule has 1 saturated carbocycles. The minimum atomic E-state index is -0.413. The Bertz CT molecular complexity index is 425. The molecule has 0 bridgehead atoms. The molecule has 0 spiro atoms. The number of amides is 2. The summed E-state index contributed by atoms with van der Waals surface area (Å²) in [6.07, 6.45) is 4.38. The van der Waals surface area contributed by atoms with Crippen LogP contribution in [0.2, 0.25) is 0 Å². The highest BCUT2D eigenvalue weighted by Gasteiger charge is 2.51. The van der Waals surface area contributed by atoms with E-state index in [-0.39, 0.29) is 34.7 Å². The van der Waals surface area contributed by atoms with Crippen LogP contribution in [0.1, 0.15) is 67.2 Å². The van der Waals surface area contributed by atoms with E-state index in [0.717, 1.165) is 25.7 Å². The third kappa shape index (κ3) is 3.09. The van der Waals surface area contributed by atoms with Crippen LogP contribution in [0.25, 0.3) is 0 Å². The molecular weight excluding hydrogens is 264 g/mol. The summed E-state index contributed by atoms with van der Waals surface area (Å²) in [5.74, 6) is 0.114. The van der Waals surface area contributed by atoms with Gasteiger partial charge in [0.25, 0.3) is 0 Å². The van der Waals surface area contributed by atoms with Gasteiger partial charge in [-0.15, -0.1) is 0 Å². The molecule has 1 N–H and O–H groups in total. The zero-order chi connectivity index (χ0) is 16.0. The molecular formula is C17H30N2O2. The lowest BCUT2D eigenvalue weighted by molar-refractivity contribution is -0.160. The molecule has 2 rings (SSSR count). The van der Waals surface area contributed by atoms with Crippen LogP contribution in [0, 0.1) is 10.8 Å². The average molecular weight is 294 g/mol. The third-order valence-corrected chi connectivity index (χ3v) is 4.72. The standard InChI is InChI=1S/C17H30N2O2/c1-16(2,3)12-15(21)19(11-9-7-8-10-11)13(14(20)18-12)17(4,5)6/h11-13H,7-10H2,1-6H3,(H,18,20). The number of nitrogens with one attached hydrogen (secondary N) is 1. The molecule has 1 aliphatic heterocycles. The molecule has 1 heterocycles. The van der Waals surface area contributed by atoms with Gasteiger partial charge < -0.3 is 10.2 Å². The van der Waals surface area contributed by atoms with Crippen molar-refractivity contribution in [1.82, 2.24) is 10.2 Å². The lowest BCUT2D eigenvalue weighted by Crippen LogP contribution is -2.70. The van der Waals surface area contributed by atoms with Crippen molar-refractivity contribution in [3.63, 3.8) is 0 Å². The fraction of sp³-hybridized carbons (Fsp3) is 0.882. The van der Waals surface area contributed by atoms with Gasteiger partial charge in [-0.2, -0.15) is 0 Å². The fourth-order valence-corrected chi connectivity index (χ4v) is 3.66. The van der Waals surface area contributed by atoms with Crippen molar-refractivity contribution < 1.29 is 9.59 Å². The molecule has 2 atom stereocenters. The maximum absolute atomic E-state index is 13.1. The van der Waals surface area contributed by atoms with Gasteiger partial charge in [0.05, 0.1) is 0 Å². The summed E-state index contributed by atoms with van der Waals surface area (Å²) >= 11 is 0. The van der Waals surface area contributed by atoms with Crippen LogP contribution >= 0.6 is 0 Å². The molecule has 21 heavy (non-hydrogen) atoms. The molecule has 2 aliphatic rings. The first-order chi connectivity index (χ1) is 9.53. The molecule has 0 aromatic heterocycles. The van der Waals surface area contributed by atoms with E-state index in [1.54, 1.807) is 0 Å². The van der Waals surface area contributed by atoms with E-state index in [2.05, 4.69) is 5.32 Å². The first-order valence-corrected chi connectivity index (χ1v) is 8.16. The van der Waals surface area contributed by atoms with Crippen molar-refractivity contribution in [2.75, 3.05) is 0 Å². The Labute approximate surface area is 128 Å². The second-order valence-corrected chi connectivity index (χ2v) is 8.76. The molecule has 0 aromatic rings. The SMILES string of the molecule is CC(C)(C)C1NC(=O)C(C(C)(C)C)N(C2CCCC2)C1=O. The second kappa shape index (κ2) is 5.29. The second-order valence-electron chi connectivity index (χ2n) is 8.76. The van der Waals surface area contributed by atoms with Crippen molar-refractivity contribution in [3.8, 4) is 0 Å². The van der Waals surface area contributed by atoms with Gasteiger partial charge in [-0.1, -0.05) is 54.4 Å². The Morgan fingerprint density at radius 3 is 1.90 bits per heavy atom. The lowest BCUT2D eigenvalue weighted by Gasteiger charge is -2.49. The Balaban J connectivity index is 2.39. The molecule has 2 fully saturated rings. The van der Waals surface area contributed by atoms with Gasteiger partial charge in [0.2, 0.25) is 11.8 Å². The molecule has 1 saturated heterocycles. The summed E-state index contributed by atoms with van der Waals surface area (Å²) in [6.45, 7) is 12.2. The van der Waals surface area contributed by atoms with Gasteiger partial charge in [0.1, 0.15) is 12.1 Å². The van der Waals surface area contributed by atoms with E-state index in [4.69, 9.17) is 0 Å². The van der Waals surface area contributed by atoms with Gasteiger partial charge >= 0.3 is 0 Å². The Hall–Kier alpha value is -1.06. The largest absolute Gasteiger partial charge is 0.342 e. The predicted molar refractivity (Wildman–Crippen MR) is 83.7 cm³/mol. The van der Waals surface area contributed by atoms with E-state index < -0.39 is 6.04 Å². The molecule has 120 valence electrons. The smallest absolute Gasteiger partial charge is 0.246 e. The maximum atomic E-state index is 13.1. The molecule has 2 amide bonds. The first kappa shape index (κ1) is 16.3. The van der Waals surface area contributed by atoms with Crippen LogP contribution in [-0.2, 0) is 9.59 Å². The normalized spacial score (nSPS) is 29.0. The van der Waals surface area contributed by atoms with Crippen LogP contribution in [0.5, 0.6) is 0 Å². The lowest BCUT2D eigenvalue weighted by atomic mass is 9.78. The highest BCUT2D eigenvalue weighted by molar-refractivity contribution is 5.98. The van der Waals surface area contributed by atoms with Gasteiger partial charge in [0, 0.05) is 6.04 Å². The van der Waals surface area contributed by atoms with Crippen molar-refractivity contribution in [2.24, 2.45) is 10.8 Å². The monoisotopic (exact) mass is 294 g/mol. The number of nitrogens with zero attached hydrogens (tertiary/aromatic N) is 1. The van der Waals surface area contributed by atoms with E-state index in [1.807, 2.05) is 46.4 Å². The summed E-state index contributed by atoms with van der Waals surface area (Å²) in [4.78, 5) is 27.7.